The second kappa shape index (κ2) is 6.93. The van der Waals surface area contributed by atoms with Gasteiger partial charge in [0.15, 0.2) is 0 Å². The van der Waals surface area contributed by atoms with E-state index in [4.69, 9.17) is 0 Å². The third-order valence-corrected chi connectivity index (χ3v) is 3.38. The maximum Gasteiger partial charge on any atom is 0.376 e. The van der Waals surface area contributed by atoms with Crippen LogP contribution in [0, 0.1) is 0 Å². The van der Waals surface area contributed by atoms with Gasteiger partial charge in [-0.05, 0) is 49.4 Å². The molecule has 0 aliphatic rings. The second-order valence-electron chi connectivity index (χ2n) is 5.21. The summed E-state index contributed by atoms with van der Waals surface area (Å²) in [4.78, 5) is 1.91. The lowest BCUT2D eigenvalue weighted by atomic mass is 9.85. The van der Waals surface area contributed by atoms with Gasteiger partial charge >= 0.3 is 7.05 Å². The van der Waals surface area contributed by atoms with E-state index < -0.39 is 7.05 Å². The highest BCUT2D eigenvalue weighted by Crippen LogP contribution is 2.21. The average Bonchev–Trinajstić information content (AvgIpc) is 2.34. The van der Waals surface area contributed by atoms with Gasteiger partial charge in [-0.15, -0.1) is 0 Å². The molecule has 100 valence electrons. The second-order valence-corrected chi connectivity index (χ2v) is 5.21. The largest absolute Gasteiger partial charge is 0.437 e. The smallest absolute Gasteiger partial charge is 0.376 e. The highest BCUT2D eigenvalue weighted by molar-refractivity contribution is 6.45. The lowest BCUT2D eigenvalue weighted by molar-refractivity contribution is 0.281. The normalized spacial score (nSPS) is 11.3. The molecule has 0 saturated heterocycles. The van der Waals surface area contributed by atoms with Gasteiger partial charge in [-0.25, -0.2) is 0 Å². The van der Waals surface area contributed by atoms with E-state index in [-0.39, 0.29) is 6.61 Å². The molecule has 3 nitrogen and oxygen atoms in total. The van der Waals surface area contributed by atoms with Gasteiger partial charge in [0, 0.05) is 0 Å². The number of hydrogen-bond acceptors (Lipinski definition) is 3. The first kappa shape index (κ1) is 15.2. The summed E-state index contributed by atoms with van der Waals surface area (Å²) in [5, 5.41) is 18.7. The fraction of sp³-hybridized carbons (Fsp3) is 0.571. The molecule has 0 heterocycles. The van der Waals surface area contributed by atoms with Gasteiger partial charge in [-0.2, -0.15) is 0 Å². The highest BCUT2D eigenvalue weighted by Gasteiger charge is 2.13. The number of rotatable bonds is 6. The van der Waals surface area contributed by atoms with Crippen LogP contribution in [0.25, 0.3) is 0 Å². The van der Waals surface area contributed by atoms with Gasteiger partial charge in [0.1, 0.15) is 0 Å². The first-order valence-electron chi connectivity index (χ1n) is 6.56. The number of likely N-dealkylation sites (N-methyl/N-ethyl adjacent to an activating group) is 1. The molecule has 0 fully saturated rings. The first-order chi connectivity index (χ1) is 8.45. The van der Waals surface area contributed by atoms with E-state index in [1.165, 1.54) is 11.1 Å². The molecule has 0 bridgehead atoms. The quantitative estimate of drug-likeness (QED) is 0.756. The zero-order valence-electron chi connectivity index (χ0n) is 11.8. The van der Waals surface area contributed by atoms with Crippen molar-refractivity contribution in [2.24, 2.45) is 0 Å². The van der Waals surface area contributed by atoms with Crippen LogP contribution in [0.3, 0.4) is 0 Å². The summed E-state index contributed by atoms with van der Waals surface area (Å²) in [5.41, 5.74) is 3.55. The van der Waals surface area contributed by atoms with Crippen LogP contribution in [0.1, 0.15) is 36.5 Å². The van der Waals surface area contributed by atoms with E-state index in [0.717, 1.165) is 18.5 Å². The minimum atomic E-state index is -0.423. The number of aliphatic hydroxyl groups excluding tert-OH is 1. The van der Waals surface area contributed by atoms with Crippen molar-refractivity contribution in [2.75, 3.05) is 13.6 Å². The number of nitrogens with zero attached hydrogens (tertiary/aromatic N) is 1. The van der Waals surface area contributed by atoms with Crippen LogP contribution < -0.4 is 0 Å². The van der Waals surface area contributed by atoms with E-state index in [2.05, 4.69) is 26.0 Å². The molecule has 0 aliphatic carbocycles. The van der Waals surface area contributed by atoms with Crippen LogP contribution in [-0.2, 0) is 13.0 Å². The van der Waals surface area contributed by atoms with Gasteiger partial charge in [-0.3, -0.25) is 0 Å². The van der Waals surface area contributed by atoms with Crippen molar-refractivity contribution in [3.63, 3.8) is 0 Å². The van der Waals surface area contributed by atoms with Crippen molar-refractivity contribution in [1.82, 2.24) is 4.81 Å². The van der Waals surface area contributed by atoms with Crippen molar-refractivity contribution in [3.05, 3.63) is 34.9 Å². The third kappa shape index (κ3) is 4.12. The van der Waals surface area contributed by atoms with Crippen LogP contribution in [0.2, 0.25) is 6.82 Å². The molecule has 0 atom stereocenters. The van der Waals surface area contributed by atoms with Crippen molar-refractivity contribution in [2.45, 2.75) is 39.6 Å². The Bertz CT molecular complexity index is 380. The summed E-state index contributed by atoms with van der Waals surface area (Å²) >= 11 is 0. The van der Waals surface area contributed by atoms with E-state index in [0.29, 0.717) is 5.92 Å². The van der Waals surface area contributed by atoms with Crippen LogP contribution in [-0.4, -0.2) is 35.6 Å². The molecule has 18 heavy (non-hydrogen) atoms. The minimum Gasteiger partial charge on any atom is -0.437 e. The van der Waals surface area contributed by atoms with Gasteiger partial charge in [-0.1, -0.05) is 32.0 Å². The van der Waals surface area contributed by atoms with Crippen LogP contribution in [0.5, 0.6) is 0 Å². The Morgan fingerprint density at radius 3 is 2.50 bits per heavy atom. The van der Waals surface area contributed by atoms with E-state index >= 15 is 0 Å². The fourth-order valence-corrected chi connectivity index (χ4v) is 2.02. The topological polar surface area (TPSA) is 43.7 Å². The minimum absolute atomic E-state index is 0.0810. The van der Waals surface area contributed by atoms with E-state index in [9.17, 15) is 10.1 Å². The summed E-state index contributed by atoms with van der Waals surface area (Å²) in [6, 6.07) is 6.16. The summed E-state index contributed by atoms with van der Waals surface area (Å²) in [6.07, 6.45) is 0.892. The molecular weight excluding hydrogens is 225 g/mol. The van der Waals surface area contributed by atoms with Crippen molar-refractivity contribution in [1.29, 1.82) is 0 Å². The molecule has 0 aromatic heterocycles. The Morgan fingerprint density at radius 1 is 1.33 bits per heavy atom. The predicted molar refractivity (Wildman–Crippen MR) is 76.6 cm³/mol. The molecule has 1 aromatic rings. The average molecular weight is 249 g/mol. The van der Waals surface area contributed by atoms with Gasteiger partial charge in [0.25, 0.3) is 0 Å². The molecule has 2 N–H and O–H groups in total. The van der Waals surface area contributed by atoms with Crippen molar-refractivity contribution < 1.29 is 10.1 Å². The Hall–Kier alpha value is -0.835. The summed E-state index contributed by atoms with van der Waals surface area (Å²) in [7, 11) is 1.49. The molecule has 0 spiro atoms. The number of benzene rings is 1. The lowest BCUT2D eigenvalue weighted by Crippen LogP contribution is -2.34. The Balaban J connectivity index is 2.84. The highest BCUT2D eigenvalue weighted by atomic mass is 16.3. The lowest BCUT2D eigenvalue weighted by Gasteiger charge is -2.19. The number of aliphatic hydroxyl groups is 1. The van der Waals surface area contributed by atoms with E-state index in [1.54, 1.807) is 6.82 Å². The molecule has 0 saturated carbocycles. The molecule has 0 amide bonds. The molecule has 0 radical (unpaired) electrons. The van der Waals surface area contributed by atoms with Gasteiger partial charge in [0.05, 0.1) is 6.61 Å². The fourth-order valence-electron chi connectivity index (χ4n) is 2.02. The predicted octanol–water partition coefficient (Wildman–Crippen LogP) is 1.89. The molecule has 1 rings (SSSR count). The monoisotopic (exact) mass is 249 g/mol. The maximum atomic E-state index is 9.46. The third-order valence-electron chi connectivity index (χ3n) is 3.38. The van der Waals surface area contributed by atoms with Crippen molar-refractivity contribution in [3.8, 4) is 0 Å². The van der Waals surface area contributed by atoms with Crippen molar-refractivity contribution >= 4 is 7.05 Å². The molecular formula is C14H24BNO2. The van der Waals surface area contributed by atoms with Crippen LogP contribution in [0.15, 0.2) is 18.2 Å². The first-order valence-corrected chi connectivity index (χ1v) is 6.56. The zero-order valence-corrected chi connectivity index (χ0v) is 11.8. The summed E-state index contributed by atoms with van der Waals surface area (Å²) < 4.78 is 0. The summed E-state index contributed by atoms with van der Waals surface area (Å²) in [5.74, 6) is 0.476. The molecule has 0 unspecified atom stereocenters. The van der Waals surface area contributed by atoms with E-state index in [1.807, 2.05) is 17.9 Å². The van der Waals surface area contributed by atoms with Crippen LogP contribution >= 0.6 is 0 Å². The standard InChI is InChI=1S/C14H24BNO2/c1-11(2)14-6-5-12(10-17)9-13(14)7-8-16(4)15(3)18/h5-6,9,11,17-18H,7-8,10H2,1-4H3. The Morgan fingerprint density at radius 2 is 2.00 bits per heavy atom. The molecule has 4 heteroatoms. The SMILES string of the molecule is CB(O)N(C)CCc1cc(CO)ccc1C(C)C. The molecule has 0 aliphatic heterocycles. The summed E-state index contributed by atoms with van der Waals surface area (Å²) in [6.45, 7) is 7.02. The zero-order chi connectivity index (χ0) is 13.7. The van der Waals surface area contributed by atoms with Crippen LogP contribution in [0.4, 0.5) is 0 Å². The van der Waals surface area contributed by atoms with Gasteiger partial charge < -0.3 is 14.9 Å². The molecule has 1 aromatic carbocycles. The Kier molecular flexibility index (Phi) is 5.86. The number of hydrogen-bond donors (Lipinski definition) is 2. The Labute approximate surface area is 111 Å². The maximum absolute atomic E-state index is 9.46. The van der Waals surface area contributed by atoms with Gasteiger partial charge in [0.2, 0.25) is 0 Å².